The number of hydrogen-bond donors (Lipinski definition) is 1. The predicted molar refractivity (Wildman–Crippen MR) is 104 cm³/mol. The van der Waals surface area contributed by atoms with Crippen LogP contribution in [0.3, 0.4) is 0 Å². The molecule has 136 valence electrons. The fourth-order valence-corrected chi connectivity index (χ4v) is 3.22. The van der Waals surface area contributed by atoms with Crippen LogP contribution in [0.1, 0.15) is 18.9 Å². The van der Waals surface area contributed by atoms with Crippen molar-refractivity contribution in [3.63, 3.8) is 0 Å². The van der Waals surface area contributed by atoms with Crippen LogP contribution in [-0.4, -0.2) is 25.0 Å². The van der Waals surface area contributed by atoms with Gasteiger partial charge in [-0.2, -0.15) is 0 Å². The van der Waals surface area contributed by atoms with Crippen molar-refractivity contribution >= 4 is 33.4 Å². The van der Waals surface area contributed by atoms with Gasteiger partial charge in [-0.05, 0) is 48.9 Å². The molecule has 1 N–H and O–H groups in total. The topological polar surface area (TPSA) is 58.6 Å². The number of anilines is 1. The third-order valence-electron chi connectivity index (χ3n) is 4.34. The van der Waals surface area contributed by atoms with Gasteiger partial charge in [-0.15, -0.1) is 0 Å². The van der Waals surface area contributed by atoms with Gasteiger partial charge in [0.15, 0.2) is 0 Å². The van der Waals surface area contributed by atoms with E-state index in [1.54, 1.807) is 4.90 Å². The zero-order chi connectivity index (χ0) is 18.5. The standard InChI is InChI=1S/C20H21BrN2O3/c1-2-26-18-9-3-14(4-10-18)12-22-20(25)15-11-19(24)23(13-15)17-7-5-16(21)6-8-17/h3-10,15H,2,11-13H2,1H3,(H,22,25)/t15-/m1/s1. The zero-order valence-electron chi connectivity index (χ0n) is 14.6. The molecule has 1 atom stereocenters. The molecule has 0 bridgehead atoms. The highest BCUT2D eigenvalue weighted by atomic mass is 79.9. The average Bonchev–Trinajstić information content (AvgIpc) is 3.04. The Morgan fingerprint density at radius 2 is 1.88 bits per heavy atom. The number of carbonyl (C=O) groups excluding carboxylic acids is 2. The Bertz CT molecular complexity index is 775. The Hall–Kier alpha value is -2.34. The Morgan fingerprint density at radius 3 is 2.54 bits per heavy atom. The summed E-state index contributed by atoms with van der Waals surface area (Å²) in [5, 5.41) is 2.93. The molecule has 1 saturated heterocycles. The number of nitrogens with zero attached hydrogens (tertiary/aromatic N) is 1. The Morgan fingerprint density at radius 1 is 1.19 bits per heavy atom. The van der Waals surface area contributed by atoms with Crippen molar-refractivity contribution in [2.24, 2.45) is 5.92 Å². The summed E-state index contributed by atoms with van der Waals surface area (Å²) in [5.41, 5.74) is 1.82. The van der Waals surface area contributed by atoms with E-state index in [9.17, 15) is 9.59 Å². The number of nitrogens with one attached hydrogen (secondary N) is 1. The second-order valence-corrected chi connectivity index (χ2v) is 7.09. The van der Waals surface area contributed by atoms with Crippen LogP contribution in [-0.2, 0) is 16.1 Å². The molecule has 2 aromatic rings. The monoisotopic (exact) mass is 416 g/mol. The maximum Gasteiger partial charge on any atom is 0.227 e. The number of carbonyl (C=O) groups is 2. The molecule has 0 saturated carbocycles. The molecule has 0 radical (unpaired) electrons. The summed E-state index contributed by atoms with van der Waals surface area (Å²) < 4.78 is 6.36. The van der Waals surface area contributed by atoms with E-state index in [0.717, 1.165) is 21.5 Å². The molecule has 1 aliphatic rings. The first-order valence-corrected chi connectivity index (χ1v) is 9.41. The molecule has 1 heterocycles. The van der Waals surface area contributed by atoms with Crippen molar-refractivity contribution < 1.29 is 14.3 Å². The first-order valence-electron chi connectivity index (χ1n) is 8.62. The minimum absolute atomic E-state index is 0.0199. The van der Waals surface area contributed by atoms with E-state index < -0.39 is 0 Å². The van der Waals surface area contributed by atoms with Gasteiger partial charge in [0.25, 0.3) is 0 Å². The number of hydrogen-bond acceptors (Lipinski definition) is 3. The lowest BCUT2D eigenvalue weighted by Crippen LogP contribution is -2.32. The van der Waals surface area contributed by atoms with Gasteiger partial charge in [0.2, 0.25) is 11.8 Å². The van der Waals surface area contributed by atoms with E-state index in [4.69, 9.17) is 4.74 Å². The van der Waals surface area contributed by atoms with E-state index in [-0.39, 0.29) is 24.2 Å². The number of rotatable bonds is 6. The number of amides is 2. The zero-order valence-corrected chi connectivity index (χ0v) is 16.2. The highest BCUT2D eigenvalue weighted by Gasteiger charge is 2.34. The fourth-order valence-electron chi connectivity index (χ4n) is 2.96. The van der Waals surface area contributed by atoms with E-state index >= 15 is 0 Å². The smallest absolute Gasteiger partial charge is 0.227 e. The summed E-state index contributed by atoms with van der Waals surface area (Å²) in [7, 11) is 0. The summed E-state index contributed by atoms with van der Waals surface area (Å²) in [6.45, 7) is 3.42. The van der Waals surface area contributed by atoms with Crippen molar-refractivity contribution in [2.75, 3.05) is 18.1 Å². The van der Waals surface area contributed by atoms with Gasteiger partial charge in [-0.25, -0.2) is 0 Å². The molecule has 0 unspecified atom stereocenters. The maximum atomic E-state index is 12.4. The summed E-state index contributed by atoms with van der Waals surface area (Å²) in [4.78, 5) is 26.4. The van der Waals surface area contributed by atoms with E-state index in [1.165, 1.54) is 0 Å². The van der Waals surface area contributed by atoms with Crippen LogP contribution in [0.25, 0.3) is 0 Å². The Kier molecular flexibility index (Phi) is 5.93. The number of benzene rings is 2. The van der Waals surface area contributed by atoms with Gasteiger partial charge < -0.3 is 15.0 Å². The molecular formula is C20H21BrN2O3. The maximum absolute atomic E-state index is 12.4. The van der Waals surface area contributed by atoms with Crippen molar-refractivity contribution in [3.8, 4) is 5.75 Å². The molecule has 6 heteroatoms. The minimum Gasteiger partial charge on any atom is -0.494 e. The van der Waals surface area contributed by atoms with Crippen LogP contribution < -0.4 is 15.0 Å². The third-order valence-corrected chi connectivity index (χ3v) is 4.86. The summed E-state index contributed by atoms with van der Waals surface area (Å²) in [6, 6.07) is 15.2. The number of ether oxygens (including phenoxy) is 1. The van der Waals surface area contributed by atoms with Gasteiger partial charge in [0.1, 0.15) is 5.75 Å². The molecule has 26 heavy (non-hydrogen) atoms. The first-order chi connectivity index (χ1) is 12.6. The van der Waals surface area contributed by atoms with Crippen LogP contribution in [0.2, 0.25) is 0 Å². The van der Waals surface area contributed by atoms with Gasteiger partial charge in [-0.1, -0.05) is 28.1 Å². The lowest BCUT2D eigenvalue weighted by Gasteiger charge is -2.17. The lowest BCUT2D eigenvalue weighted by atomic mass is 10.1. The Balaban J connectivity index is 1.55. The average molecular weight is 417 g/mol. The molecule has 2 aromatic carbocycles. The molecular weight excluding hydrogens is 396 g/mol. The molecule has 0 aliphatic carbocycles. The third kappa shape index (κ3) is 4.43. The van der Waals surface area contributed by atoms with Crippen molar-refractivity contribution in [3.05, 3.63) is 58.6 Å². The lowest BCUT2D eigenvalue weighted by molar-refractivity contribution is -0.126. The van der Waals surface area contributed by atoms with Crippen LogP contribution in [0.5, 0.6) is 5.75 Å². The molecule has 1 aliphatic heterocycles. The van der Waals surface area contributed by atoms with Crippen molar-refractivity contribution in [1.29, 1.82) is 0 Å². The normalized spacial score (nSPS) is 16.6. The van der Waals surface area contributed by atoms with Gasteiger partial charge in [0.05, 0.1) is 12.5 Å². The Labute approximate surface area is 161 Å². The second-order valence-electron chi connectivity index (χ2n) is 6.18. The summed E-state index contributed by atoms with van der Waals surface area (Å²) >= 11 is 3.38. The second kappa shape index (κ2) is 8.36. The largest absolute Gasteiger partial charge is 0.494 e. The van der Waals surface area contributed by atoms with Crippen LogP contribution >= 0.6 is 15.9 Å². The predicted octanol–water partition coefficient (Wildman–Crippen LogP) is 3.52. The quantitative estimate of drug-likeness (QED) is 0.783. The van der Waals surface area contributed by atoms with Crippen molar-refractivity contribution in [2.45, 2.75) is 19.9 Å². The fraction of sp³-hybridized carbons (Fsp3) is 0.300. The van der Waals surface area contributed by atoms with E-state index in [1.807, 2.05) is 55.5 Å². The van der Waals surface area contributed by atoms with Crippen LogP contribution in [0, 0.1) is 5.92 Å². The molecule has 0 spiro atoms. The molecule has 5 nitrogen and oxygen atoms in total. The molecule has 3 rings (SSSR count). The van der Waals surface area contributed by atoms with Gasteiger partial charge >= 0.3 is 0 Å². The number of halogens is 1. The first kappa shape index (κ1) is 18.5. The SMILES string of the molecule is CCOc1ccc(CNC(=O)[C@@H]2CC(=O)N(c3ccc(Br)cc3)C2)cc1. The molecule has 2 amide bonds. The van der Waals surface area contributed by atoms with E-state index in [2.05, 4.69) is 21.2 Å². The van der Waals surface area contributed by atoms with Crippen molar-refractivity contribution in [1.82, 2.24) is 5.32 Å². The highest BCUT2D eigenvalue weighted by Crippen LogP contribution is 2.26. The molecule has 0 aromatic heterocycles. The van der Waals surface area contributed by atoms with Crippen LogP contribution in [0.15, 0.2) is 53.0 Å². The van der Waals surface area contributed by atoms with Gasteiger partial charge in [-0.3, -0.25) is 9.59 Å². The van der Waals surface area contributed by atoms with Gasteiger partial charge in [0, 0.05) is 29.7 Å². The van der Waals surface area contributed by atoms with Crippen LogP contribution in [0.4, 0.5) is 5.69 Å². The summed E-state index contributed by atoms with van der Waals surface area (Å²) in [6.07, 6.45) is 0.241. The highest BCUT2D eigenvalue weighted by molar-refractivity contribution is 9.10. The minimum atomic E-state index is -0.325. The molecule has 1 fully saturated rings. The van der Waals surface area contributed by atoms with E-state index in [0.29, 0.717) is 19.7 Å². The summed E-state index contributed by atoms with van der Waals surface area (Å²) in [5.74, 6) is 0.378.